The van der Waals surface area contributed by atoms with Gasteiger partial charge < -0.3 is 4.74 Å². The Morgan fingerprint density at radius 2 is 1.62 bits per heavy atom. The third-order valence-electron chi connectivity index (χ3n) is 6.21. The average Bonchev–Trinajstić information content (AvgIpc) is 3.39. The zero-order valence-corrected chi connectivity index (χ0v) is 13.2. The minimum Gasteiger partial charge on any atom is -0.465 e. The van der Waals surface area contributed by atoms with Gasteiger partial charge in [-0.3, -0.25) is 9.59 Å². The van der Waals surface area contributed by atoms with Gasteiger partial charge in [-0.15, -0.1) is 0 Å². The number of benzene rings is 1. The first-order valence-electron chi connectivity index (χ1n) is 8.37. The number of hydrogen-bond acceptors (Lipinski definition) is 4. The lowest BCUT2D eigenvalue weighted by Gasteiger charge is -2.37. The summed E-state index contributed by atoms with van der Waals surface area (Å²) in [4.78, 5) is 39.4. The Bertz CT molecular complexity index is 777. The van der Waals surface area contributed by atoms with Crippen LogP contribution in [0.1, 0.15) is 16.8 Å². The third-order valence-corrected chi connectivity index (χ3v) is 6.21. The molecule has 1 aromatic carbocycles. The number of methoxy groups -OCH3 is 1. The molecule has 0 spiro atoms. The van der Waals surface area contributed by atoms with Crippen LogP contribution in [0.4, 0.5) is 5.69 Å². The number of hydrogen-bond donors (Lipinski definition) is 0. The average molecular weight is 323 g/mol. The molecular formula is C19H17NO4. The van der Waals surface area contributed by atoms with Crippen molar-refractivity contribution in [2.45, 2.75) is 6.42 Å². The second-order valence-electron chi connectivity index (χ2n) is 7.18. The van der Waals surface area contributed by atoms with Crippen molar-refractivity contribution in [2.24, 2.45) is 35.5 Å². The van der Waals surface area contributed by atoms with E-state index < -0.39 is 5.97 Å². The maximum Gasteiger partial charge on any atom is 0.339 e. The number of rotatable bonds is 2. The predicted octanol–water partition coefficient (Wildman–Crippen LogP) is 2.03. The summed E-state index contributed by atoms with van der Waals surface area (Å²) in [5, 5.41) is 0. The van der Waals surface area contributed by atoms with Crippen LogP contribution < -0.4 is 4.90 Å². The first-order valence-corrected chi connectivity index (χ1v) is 8.37. The quantitative estimate of drug-likeness (QED) is 0.475. The molecule has 0 N–H and O–H groups in total. The fraction of sp³-hybridized carbons (Fsp3) is 0.421. The summed E-state index contributed by atoms with van der Waals surface area (Å²) in [5.41, 5.74) is 0.604. The van der Waals surface area contributed by atoms with Crippen LogP contribution in [0, 0.1) is 35.5 Å². The van der Waals surface area contributed by atoms with E-state index in [-0.39, 0.29) is 41.0 Å². The van der Waals surface area contributed by atoms with E-state index in [1.165, 1.54) is 12.0 Å². The monoisotopic (exact) mass is 323 g/mol. The Morgan fingerprint density at radius 1 is 1.04 bits per heavy atom. The van der Waals surface area contributed by atoms with E-state index in [9.17, 15) is 14.4 Å². The lowest BCUT2D eigenvalue weighted by atomic mass is 9.63. The summed E-state index contributed by atoms with van der Waals surface area (Å²) in [5.74, 6) is 0.0992. The first kappa shape index (κ1) is 14.0. The Kier molecular flexibility index (Phi) is 2.65. The maximum atomic E-state index is 13.1. The zero-order valence-electron chi connectivity index (χ0n) is 13.2. The number of anilines is 1. The molecule has 1 saturated heterocycles. The summed E-state index contributed by atoms with van der Waals surface area (Å²) >= 11 is 0. The van der Waals surface area contributed by atoms with Gasteiger partial charge in [-0.25, -0.2) is 9.69 Å². The minimum atomic E-state index is -0.537. The second kappa shape index (κ2) is 4.56. The highest BCUT2D eigenvalue weighted by Gasteiger charge is 2.67. The number of allylic oxidation sites excluding steroid dienone is 2. The SMILES string of the molecule is COC(=O)c1ccccc1N1C(=O)[C@H]2[C@@H]3C=C[C@@H]([C@H]4C[C@H]34)[C@@H]2C1=O. The molecule has 3 fully saturated rings. The van der Waals surface area contributed by atoms with Crippen LogP contribution in [0.25, 0.3) is 0 Å². The van der Waals surface area contributed by atoms with Crippen LogP contribution in [-0.2, 0) is 14.3 Å². The Balaban J connectivity index is 1.59. The molecule has 0 aromatic heterocycles. The topological polar surface area (TPSA) is 63.7 Å². The van der Waals surface area contributed by atoms with E-state index in [0.29, 0.717) is 17.5 Å². The lowest BCUT2D eigenvalue weighted by molar-refractivity contribution is -0.124. The van der Waals surface area contributed by atoms with E-state index in [4.69, 9.17) is 4.74 Å². The van der Waals surface area contributed by atoms with Crippen LogP contribution in [0.15, 0.2) is 36.4 Å². The molecule has 5 aliphatic rings. The highest BCUT2D eigenvalue weighted by molar-refractivity contribution is 6.24. The molecule has 5 heteroatoms. The Labute approximate surface area is 139 Å². The lowest BCUT2D eigenvalue weighted by Crippen LogP contribution is -2.40. The van der Waals surface area contributed by atoms with Gasteiger partial charge in [-0.1, -0.05) is 24.3 Å². The van der Waals surface area contributed by atoms with Crippen LogP contribution in [0.2, 0.25) is 0 Å². The molecule has 2 bridgehead atoms. The molecule has 5 nitrogen and oxygen atoms in total. The maximum absolute atomic E-state index is 13.1. The number of ether oxygens (including phenoxy) is 1. The molecule has 122 valence electrons. The van der Waals surface area contributed by atoms with Gasteiger partial charge in [0.15, 0.2) is 0 Å². The zero-order chi connectivity index (χ0) is 16.6. The molecule has 6 rings (SSSR count). The fourth-order valence-electron chi connectivity index (χ4n) is 5.15. The number of para-hydroxylation sites is 1. The predicted molar refractivity (Wildman–Crippen MR) is 85.0 cm³/mol. The van der Waals surface area contributed by atoms with E-state index in [1.807, 2.05) is 0 Å². The second-order valence-corrected chi connectivity index (χ2v) is 7.18. The summed E-state index contributed by atoms with van der Waals surface area (Å²) in [6.07, 6.45) is 5.41. The normalized spacial score (nSPS) is 38.1. The molecule has 2 saturated carbocycles. The standard InChI is InChI=1S/C19H17NO4/c1-24-19(23)11-4-2-3-5-14(11)20-17(21)15-9-6-7-10(13-8-12(9)13)16(15)18(20)22/h2-7,9-10,12-13,15-16H,8H2,1H3/t9-,10+,12-,13-,15+,16+/m1/s1. The molecule has 0 unspecified atom stereocenters. The van der Waals surface area contributed by atoms with Crippen LogP contribution >= 0.6 is 0 Å². The highest BCUT2D eigenvalue weighted by atomic mass is 16.5. The van der Waals surface area contributed by atoms with Crippen molar-refractivity contribution < 1.29 is 19.1 Å². The van der Waals surface area contributed by atoms with Gasteiger partial charge in [0, 0.05) is 0 Å². The summed E-state index contributed by atoms with van der Waals surface area (Å²) in [6.45, 7) is 0. The first-order chi connectivity index (χ1) is 11.6. The van der Waals surface area contributed by atoms with Gasteiger partial charge in [-0.2, -0.15) is 0 Å². The Hall–Kier alpha value is -2.43. The Morgan fingerprint density at radius 3 is 2.21 bits per heavy atom. The number of carbonyl (C=O) groups excluding carboxylic acids is 3. The van der Waals surface area contributed by atoms with E-state index in [1.54, 1.807) is 24.3 Å². The van der Waals surface area contributed by atoms with Gasteiger partial charge in [-0.05, 0) is 42.2 Å². The smallest absolute Gasteiger partial charge is 0.339 e. The summed E-state index contributed by atoms with van der Waals surface area (Å²) in [7, 11) is 1.30. The van der Waals surface area contributed by atoms with Crippen molar-refractivity contribution in [3.05, 3.63) is 42.0 Å². The number of nitrogens with zero attached hydrogens (tertiary/aromatic N) is 1. The minimum absolute atomic E-state index is 0.161. The largest absolute Gasteiger partial charge is 0.465 e. The van der Waals surface area contributed by atoms with Crippen molar-refractivity contribution in [3.63, 3.8) is 0 Å². The molecule has 1 aromatic rings. The molecule has 1 heterocycles. The van der Waals surface area contributed by atoms with Crippen molar-refractivity contribution >= 4 is 23.5 Å². The molecule has 2 amide bonds. The van der Waals surface area contributed by atoms with Crippen molar-refractivity contribution in [1.29, 1.82) is 0 Å². The van der Waals surface area contributed by atoms with Crippen molar-refractivity contribution in [3.8, 4) is 0 Å². The molecule has 1 aliphatic heterocycles. The van der Waals surface area contributed by atoms with Crippen LogP contribution in [0.5, 0.6) is 0 Å². The molecular weight excluding hydrogens is 306 g/mol. The highest BCUT2D eigenvalue weighted by Crippen LogP contribution is 2.65. The van der Waals surface area contributed by atoms with Crippen molar-refractivity contribution in [2.75, 3.05) is 12.0 Å². The van der Waals surface area contributed by atoms with E-state index >= 15 is 0 Å². The summed E-state index contributed by atoms with van der Waals surface area (Å²) < 4.78 is 4.80. The number of esters is 1. The third kappa shape index (κ3) is 1.57. The van der Waals surface area contributed by atoms with Gasteiger partial charge in [0.2, 0.25) is 11.8 Å². The summed E-state index contributed by atoms with van der Waals surface area (Å²) in [6, 6.07) is 6.67. The number of carbonyl (C=O) groups is 3. The van der Waals surface area contributed by atoms with Crippen LogP contribution in [0.3, 0.4) is 0 Å². The van der Waals surface area contributed by atoms with E-state index in [0.717, 1.165) is 6.42 Å². The van der Waals surface area contributed by atoms with E-state index in [2.05, 4.69) is 12.2 Å². The van der Waals surface area contributed by atoms with Crippen LogP contribution in [-0.4, -0.2) is 24.9 Å². The number of imide groups is 1. The van der Waals surface area contributed by atoms with Crippen molar-refractivity contribution in [1.82, 2.24) is 0 Å². The molecule has 6 atom stereocenters. The van der Waals surface area contributed by atoms with Gasteiger partial charge in [0.25, 0.3) is 0 Å². The van der Waals surface area contributed by atoms with Gasteiger partial charge in [0.1, 0.15) is 0 Å². The van der Waals surface area contributed by atoms with Gasteiger partial charge >= 0.3 is 5.97 Å². The van der Waals surface area contributed by atoms with Gasteiger partial charge in [0.05, 0.1) is 30.2 Å². The fourth-order valence-corrected chi connectivity index (χ4v) is 5.15. The number of amides is 2. The molecule has 4 aliphatic carbocycles. The molecule has 24 heavy (non-hydrogen) atoms. The molecule has 0 radical (unpaired) electrons.